The standard InChI is InChI=1S/C18H16N2O2/c19-10-13-6-5-12(9-17(13)21)15-3-1-2-4-16(15)18(22)14-7-8-20-11-14/h1-6,9,14,20-21H,7-8,11H2. The Balaban J connectivity index is 2.03. The average Bonchev–Trinajstić information content (AvgIpc) is 3.08. The van der Waals surface area contributed by atoms with Crippen LogP contribution < -0.4 is 5.32 Å². The summed E-state index contributed by atoms with van der Waals surface area (Å²) in [5, 5.41) is 22.0. The molecule has 1 atom stereocenters. The Bertz CT molecular complexity index is 756. The van der Waals surface area contributed by atoms with Gasteiger partial charge in [0.2, 0.25) is 0 Å². The summed E-state index contributed by atoms with van der Waals surface area (Å²) in [6.45, 7) is 1.59. The van der Waals surface area contributed by atoms with E-state index in [1.807, 2.05) is 30.3 Å². The van der Waals surface area contributed by atoms with Crippen LogP contribution in [0.5, 0.6) is 5.75 Å². The van der Waals surface area contributed by atoms with Gasteiger partial charge in [-0.15, -0.1) is 0 Å². The van der Waals surface area contributed by atoms with E-state index in [4.69, 9.17) is 5.26 Å². The summed E-state index contributed by atoms with van der Waals surface area (Å²) in [5.74, 6) is 0.0716. The van der Waals surface area contributed by atoms with Gasteiger partial charge in [0, 0.05) is 18.0 Å². The first-order valence-corrected chi connectivity index (χ1v) is 7.28. The second-order valence-corrected chi connectivity index (χ2v) is 5.44. The van der Waals surface area contributed by atoms with Crippen molar-refractivity contribution in [1.29, 1.82) is 5.26 Å². The van der Waals surface area contributed by atoms with Crippen molar-refractivity contribution in [1.82, 2.24) is 5.32 Å². The Morgan fingerprint density at radius 3 is 2.77 bits per heavy atom. The molecule has 2 N–H and O–H groups in total. The van der Waals surface area contributed by atoms with Gasteiger partial charge in [-0.2, -0.15) is 5.26 Å². The lowest BCUT2D eigenvalue weighted by molar-refractivity contribution is 0.0931. The van der Waals surface area contributed by atoms with E-state index in [-0.39, 0.29) is 23.0 Å². The molecule has 110 valence electrons. The van der Waals surface area contributed by atoms with Gasteiger partial charge in [-0.05, 0) is 36.2 Å². The average molecular weight is 292 g/mol. The van der Waals surface area contributed by atoms with Gasteiger partial charge in [-0.3, -0.25) is 4.79 Å². The summed E-state index contributed by atoms with van der Waals surface area (Å²) in [6.07, 6.45) is 0.853. The van der Waals surface area contributed by atoms with Crippen LogP contribution in [0.4, 0.5) is 0 Å². The minimum atomic E-state index is -0.0650. The van der Waals surface area contributed by atoms with E-state index >= 15 is 0 Å². The Morgan fingerprint density at radius 2 is 2.09 bits per heavy atom. The maximum atomic E-state index is 12.7. The van der Waals surface area contributed by atoms with Crippen molar-refractivity contribution >= 4 is 5.78 Å². The largest absolute Gasteiger partial charge is 0.507 e. The molecule has 0 bridgehead atoms. The molecule has 1 aliphatic heterocycles. The van der Waals surface area contributed by atoms with E-state index in [0.717, 1.165) is 24.1 Å². The number of phenolic OH excluding ortho intramolecular Hbond substituents is 1. The Kier molecular flexibility index (Phi) is 3.90. The zero-order chi connectivity index (χ0) is 15.5. The van der Waals surface area contributed by atoms with Crippen LogP contribution in [0.15, 0.2) is 42.5 Å². The van der Waals surface area contributed by atoms with Gasteiger partial charge in [0.1, 0.15) is 11.8 Å². The van der Waals surface area contributed by atoms with E-state index in [0.29, 0.717) is 12.1 Å². The van der Waals surface area contributed by atoms with Gasteiger partial charge in [-0.1, -0.05) is 30.3 Å². The second-order valence-electron chi connectivity index (χ2n) is 5.44. The van der Waals surface area contributed by atoms with Crippen molar-refractivity contribution in [3.05, 3.63) is 53.6 Å². The molecule has 0 aromatic heterocycles. The van der Waals surface area contributed by atoms with Crippen molar-refractivity contribution in [2.24, 2.45) is 5.92 Å². The predicted molar refractivity (Wildman–Crippen MR) is 83.6 cm³/mol. The van der Waals surface area contributed by atoms with Crippen LogP contribution in [-0.2, 0) is 0 Å². The van der Waals surface area contributed by atoms with Gasteiger partial charge in [0.25, 0.3) is 0 Å². The molecule has 0 spiro atoms. The smallest absolute Gasteiger partial charge is 0.167 e. The molecule has 2 aromatic rings. The number of nitrogens with one attached hydrogen (secondary N) is 1. The number of nitriles is 1. The highest BCUT2D eigenvalue weighted by atomic mass is 16.3. The summed E-state index contributed by atoms with van der Waals surface area (Å²) in [6, 6.07) is 14.2. The van der Waals surface area contributed by atoms with Crippen molar-refractivity contribution in [2.45, 2.75) is 6.42 Å². The fourth-order valence-corrected chi connectivity index (χ4v) is 2.84. The quantitative estimate of drug-likeness (QED) is 0.853. The summed E-state index contributed by atoms with van der Waals surface area (Å²) in [5.41, 5.74) is 2.43. The monoisotopic (exact) mass is 292 g/mol. The third kappa shape index (κ3) is 2.59. The lowest BCUT2D eigenvalue weighted by atomic mass is 9.90. The normalized spacial score (nSPS) is 17.1. The number of rotatable bonds is 3. The zero-order valence-electron chi connectivity index (χ0n) is 12.0. The number of nitrogens with zero attached hydrogens (tertiary/aromatic N) is 1. The highest BCUT2D eigenvalue weighted by molar-refractivity contribution is 6.04. The Morgan fingerprint density at radius 1 is 1.27 bits per heavy atom. The molecule has 4 nitrogen and oxygen atoms in total. The van der Waals surface area contributed by atoms with Crippen LogP contribution in [0.3, 0.4) is 0 Å². The maximum Gasteiger partial charge on any atom is 0.167 e. The molecule has 1 fully saturated rings. The van der Waals surface area contributed by atoms with Crippen molar-refractivity contribution < 1.29 is 9.90 Å². The maximum absolute atomic E-state index is 12.7. The van der Waals surface area contributed by atoms with Gasteiger partial charge in [0.05, 0.1) is 5.56 Å². The molecule has 4 heteroatoms. The van der Waals surface area contributed by atoms with Gasteiger partial charge in [0.15, 0.2) is 5.78 Å². The Labute approximate surface area is 129 Å². The molecular formula is C18H16N2O2. The molecule has 1 unspecified atom stereocenters. The van der Waals surface area contributed by atoms with E-state index in [2.05, 4.69) is 5.32 Å². The minimum Gasteiger partial charge on any atom is -0.507 e. The number of carbonyl (C=O) groups excluding carboxylic acids is 1. The van der Waals surface area contributed by atoms with E-state index in [9.17, 15) is 9.90 Å². The highest BCUT2D eigenvalue weighted by Gasteiger charge is 2.25. The molecule has 1 heterocycles. The number of aromatic hydroxyl groups is 1. The van der Waals surface area contributed by atoms with Crippen molar-refractivity contribution in [3.8, 4) is 22.9 Å². The minimum absolute atomic E-state index is 0.00753. The van der Waals surface area contributed by atoms with Crippen LogP contribution in [0.2, 0.25) is 0 Å². The van der Waals surface area contributed by atoms with Crippen LogP contribution in [0.1, 0.15) is 22.3 Å². The number of hydrogen-bond donors (Lipinski definition) is 2. The molecule has 22 heavy (non-hydrogen) atoms. The number of benzene rings is 2. The van der Waals surface area contributed by atoms with Gasteiger partial charge < -0.3 is 10.4 Å². The summed E-state index contributed by atoms with van der Waals surface area (Å²) >= 11 is 0. The predicted octanol–water partition coefficient (Wildman–Crippen LogP) is 2.72. The lowest BCUT2D eigenvalue weighted by Crippen LogP contribution is -2.18. The summed E-state index contributed by atoms with van der Waals surface area (Å²) in [4.78, 5) is 12.7. The van der Waals surface area contributed by atoms with Crippen LogP contribution in [0, 0.1) is 17.2 Å². The lowest BCUT2D eigenvalue weighted by Gasteiger charge is -2.13. The van der Waals surface area contributed by atoms with E-state index in [1.54, 1.807) is 12.1 Å². The molecule has 0 radical (unpaired) electrons. The van der Waals surface area contributed by atoms with Gasteiger partial charge >= 0.3 is 0 Å². The highest BCUT2D eigenvalue weighted by Crippen LogP contribution is 2.30. The van der Waals surface area contributed by atoms with Gasteiger partial charge in [-0.25, -0.2) is 0 Å². The number of hydrogen-bond acceptors (Lipinski definition) is 4. The van der Waals surface area contributed by atoms with Crippen LogP contribution in [0.25, 0.3) is 11.1 Å². The third-order valence-corrected chi connectivity index (χ3v) is 4.05. The molecule has 1 saturated heterocycles. The zero-order valence-corrected chi connectivity index (χ0v) is 12.0. The number of carbonyl (C=O) groups is 1. The van der Waals surface area contributed by atoms with Crippen molar-refractivity contribution in [3.63, 3.8) is 0 Å². The number of ketones is 1. The summed E-state index contributed by atoms with van der Waals surface area (Å²) in [7, 11) is 0. The molecule has 1 aliphatic rings. The molecule has 0 saturated carbocycles. The molecule has 3 rings (SSSR count). The first-order valence-electron chi connectivity index (χ1n) is 7.28. The summed E-state index contributed by atoms with van der Waals surface area (Å²) < 4.78 is 0. The number of Topliss-reactive ketones (excluding diaryl/α,β-unsaturated/α-hetero) is 1. The van der Waals surface area contributed by atoms with Crippen LogP contribution in [-0.4, -0.2) is 24.0 Å². The Hall–Kier alpha value is -2.64. The fraction of sp³-hybridized carbons (Fsp3) is 0.222. The molecular weight excluding hydrogens is 276 g/mol. The van der Waals surface area contributed by atoms with Crippen molar-refractivity contribution in [2.75, 3.05) is 13.1 Å². The van der Waals surface area contributed by atoms with Crippen LogP contribution >= 0.6 is 0 Å². The van der Waals surface area contributed by atoms with E-state index in [1.165, 1.54) is 6.07 Å². The SMILES string of the molecule is N#Cc1ccc(-c2ccccc2C(=O)C2CCNC2)cc1O. The molecule has 2 aromatic carbocycles. The second kappa shape index (κ2) is 6.00. The first kappa shape index (κ1) is 14.3. The number of phenols is 1. The topological polar surface area (TPSA) is 73.1 Å². The molecule has 0 aliphatic carbocycles. The molecule has 0 amide bonds. The first-order chi connectivity index (χ1) is 10.7. The van der Waals surface area contributed by atoms with E-state index < -0.39 is 0 Å². The third-order valence-electron chi connectivity index (χ3n) is 4.05. The fourth-order valence-electron chi connectivity index (χ4n) is 2.84.